The second-order valence-corrected chi connectivity index (χ2v) is 11.8. The maximum absolute atomic E-state index is 12.9. The Bertz CT molecular complexity index is 933. The van der Waals surface area contributed by atoms with Crippen LogP contribution in [0.1, 0.15) is 59.9 Å². The van der Waals surface area contributed by atoms with E-state index in [0.29, 0.717) is 25.0 Å². The van der Waals surface area contributed by atoms with E-state index in [2.05, 4.69) is 84.0 Å². The zero-order valence-electron chi connectivity index (χ0n) is 20.6. The Kier molecular flexibility index (Phi) is 5.10. The Hall–Kier alpha value is -1.42. The highest BCUT2D eigenvalue weighted by Gasteiger charge is 2.76. The molecule has 4 aliphatic rings. The van der Waals surface area contributed by atoms with Crippen molar-refractivity contribution < 1.29 is 14.6 Å². The summed E-state index contributed by atoms with van der Waals surface area (Å²) in [4.78, 5) is 0. The molecule has 0 bridgehead atoms. The summed E-state index contributed by atoms with van der Waals surface area (Å²) in [7, 11) is 0. The number of allylic oxidation sites excluding steroid dienone is 1. The van der Waals surface area contributed by atoms with Crippen molar-refractivity contribution in [1.29, 1.82) is 0 Å². The highest BCUT2D eigenvalue weighted by molar-refractivity contribution is 5.48. The fraction of sp³-hybridized carbons (Fsp3) is 0.655. The minimum absolute atomic E-state index is 0.0628. The molecular formula is C29H40O3. The van der Waals surface area contributed by atoms with Crippen LogP contribution in [0, 0.1) is 34.0 Å². The SMILES string of the molecule is CCO[C@@H]1C=C2C(C)(C)C=C[C@@]2(C)[C@]2(O)[C@H]3C[C@@H](C)[C@H](OCc4ccccc4)[C@H]3C[C@]12C. The predicted octanol–water partition coefficient (Wildman–Crippen LogP) is 5.93. The van der Waals surface area contributed by atoms with E-state index in [1.165, 1.54) is 11.1 Å². The van der Waals surface area contributed by atoms with Crippen LogP contribution in [0.2, 0.25) is 0 Å². The lowest BCUT2D eigenvalue weighted by molar-refractivity contribution is -0.190. The quantitative estimate of drug-likeness (QED) is 0.581. The molecule has 3 heteroatoms. The minimum atomic E-state index is -0.849. The third-order valence-electron chi connectivity index (χ3n) is 9.65. The largest absolute Gasteiger partial charge is 0.388 e. The highest BCUT2D eigenvalue weighted by Crippen LogP contribution is 2.73. The number of ether oxygens (including phenoxy) is 2. The molecule has 0 amide bonds. The molecule has 0 saturated heterocycles. The van der Waals surface area contributed by atoms with E-state index in [4.69, 9.17) is 9.47 Å². The van der Waals surface area contributed by atoms with Crippen molar-refractivity contribution >= 4 is 0 Å². The van der Waals surface area contributed by atoms with Crippen LogP contribution in [0.25, 0.3) is 0 Å². The molecule has 2 saturated carbocycles. The zero-order chi connectivity index (χ0) is 22.9. The molecule has 32 heavy (non-hydrogen) atoms. The van der Waals surface area contributed by atoms with Gasteiger partial charge in [-0.3, -0.25) is 0 Å². The van der Waals surface area contributed by atoms with Crippen LogP contribution < -0.4 is 0 Å². The smallest absolute Gasteiger partial charge is 0.0885 e. The molecule has 4 aliphatic carbocycles. The van der Waals surface area contributed by atoms with Gasteiger partial charge in [-0.1, -0.05) is 76.3 Å². The predicted molar refractivity (Wildman–Crippen MR) is 128 cm³/mol. The van der Waals surface area contributed by atoms with Crippen molar-refractivity contribution in [2.45, 2.75) is 78.8 Å². The number of hydrogen-bond donors (Lipinski definition) is 1. The average molecular weight is 437 g/mol. The van der Waals surface area contributed by atoms with Gasteiger partial charge in [-0.2, -0.15) is 0 Å². The number of aliphatic hydroxyl groups is 1. The van der Waals surface area contributed by atoms with E-state index in [1.807, 2.05) is 6.07 Å². The van der Waals surface area contributed by atoms with Crippen LogP contribution in [0.15, 0.2) is 54.1 Å². The van der Waals surface area contributed by atoms with Gasteiger partial charge in [0.1, 0.15) is 0 Å². The fourth-order valence-corrected chi connectivity index (χ4v) is 8.22. The summed E-state index contributed by atoms with van der Waals surface area (Å²) in [6.07, 6.45) is 9.02. The van der Waals surface area contributed by atoms with E-state index < -0.39 is 5.60 Å². The molecule has 0 aromatic heterocycles. The van der Waals surface area contributed by atoms with Gasteiger partial charge < -0.3 is 14.6 Å². The lowest BCUT2D eigenvalue weighted by Gasteiger charge is -2.59. The molecule has 0 aliphatic heterocycles. The normalized spacial score (nSPS) is 46.0. The van der Waals surface area contributed by atoms with Gasteiger partial charge in [0, 0.05) is 22.9 Å². The molecule has 0 unspecified atom stereocenters. The highest BCUT2D eigenvalue weighted by atomic mass is 16.5. The van der Waals surface area contributed by atoms with Crippen LogP contribution in [0.4, 0.5) is 0 Å². The second kappa shape index (κ2) is 7.29. The Morgan fingerprint density at radius 1 is 1.03 bits per heavy atom. The maximum atomic E-state index is 12.9. The third kappa shape index (κ3) is 2.77. The Morgan fingerprint density at radius 3 is 2.44 bits per heavy atom. The van der Waals surface area contributed by atoms with Gasteiger partial charge in [0.25, 0.3) is 0 Å². The molecule has 8 atom stereocenters. The summed E-state index contributed by atoms with van der Waals surface area (Å²) in [6.45, 7) is 14.8. The van der Waals surface area contributed by atoms with Crippen molar-refractivity contribution in [1.82, 2.24) is 0 Å². The van der Waals surface area contributed by atoms with Gasteiger partial charge in [0.15, 0.2) is 0 Å². The second-order valence-electron chi connectivity index (χ2n) is 11.8. The van der Waals surface area contributed by atoms with E-state index in [9.17, 15) is 5.11 Å². The van der Waals surface area contributed by atoms with E-state index in [-0.39, 0.29) is 34.4 Å². The first-order valence-electron chi connectivity index (χ1n) is 12.5. The first-order valence-corrected chi connectivity index (χ1v) is 12.5. The Labute approximate surface area is 193 Å². The van der Waals surface area contributed by atoms with Gasteiger partial charge in [-0.05, 0) is 55.6 Å². The maximum Gasteiger partial charge on any atom is 0.0885 e. The fourth-order valence-electron chi connectivity index (χ4n) is 8.22. The van der Waals surface area contributed by atoms with Gasteiger partial charge >= 0.3 is 0 Å². The van der Waals surface area contributed by atoms with Crippen molar-refractivity contribution in [2.24, 2.45) is 34.0 Å². The first kappa shape index (κ1) is 22.4. The molecule has 1 aromatic carbocycles. The summed E-state index contributed by atoms with van der Waals surface area (Å²) in [5.41, 5.74) is 0.921. The van der Waals surface area contributed by atoms with E-state index in [0.717, 1.165) is 12.8 Å². The molecule has 3 nitrogen and oxygen atoms in total. The lowest BCUT2D eigenvalue weighted by atomic mass is 9.50. The molecular weight excluding hydrogens is 396 g/mol. The molecule has 0 heterocycles. The average Bonchev–Trinajstić information content (AvgIpc) is 3.28. The van der Waals surface area contributed by atoms with E-state index >= 15 is 0 Å². The Balaban J connectivity index is 1.53. The molecule has 0 spiro atoms. The molecule has 5 rings (SSSR count). The number of hydrogen-bond acceptors (Lipinski definition) is 3. The van der Waals surface area contributed by atoms with Gasteiger partial charge in [0.2, 0.25) is 0 Å². The standard InChI is InChI=1S/C29H40O3/c1-7-31-24-16-23-26(3,4)13-14-27(23,5)29(30)22-15-19(2)25(21(22)17-28(24,29)6)32-18-20-11-9-8-10-12-20/h8-14,16,19,21-22,24-25,30H,7,15,17-18H2,1-6H3/t19-,21+,22+,24-,25+,27-,28-,29-/m1/s1. The molecule has 2 fully saturated rings. The minimum Gasteiger partial charge on any atom is -0.388 e. The summed E-state index contributed by atoms with van der Waals surface area (Å²) >= 11 is 0. The number of fused-ring (bicyclic) bond motifs is 5. The topological polar surface area (TPSA) is 38.7 Å². The van der Waals surface area contributed by atoms with Crippen LogP contribution in [-0.2, 0) is 16.1 Å². The zero-order valence-corrected chi connectivity index (χ0v) is 20.6. The van der Waals surface area contributed by atoms with Crippen LogP contribution in [0.5, 0.6) is 0 Å². The molecule has 0 radical (unpaired) electrons. The van der Waals surface area contributed by atoms with Crippen molar-refractivity contribution in [3.8, 4) is 0 Å². The first-order chi connectivity index (χ1) is 15.1. The molecule has 1 aromatic rings. The molecule has 1 N–H and O–H groups in total. The number of rotatable bonds is 5. The molecule has 174 valence electrons. The summed E-state index contributed by atoms with van der Waals surface area (Å²) in [5, 5.41) is 12.9. The van der Waals surface area contributed by atoms with Crippen molar-refractivity contribution in [2.75, 3.05) is 6.61 Å². The third-order valence-corrected chi connectivity index (χ3v) is 9.65. The van der Waals surface area contributed by atoms with Crippen LogP contribution >= 0.6 is 0 Å². The van der Waals surface area contributed by atoms with Gasteiger partial charge in [-0.15, -0.1) is 0 Å². The summed E-state index contributed by atoms with van der Waals surface area (Å²) < 4.78 is 13.0. The number of benzene rings is 1. The summed E-state index contributed by atoms with van der Waals surface area (Å²) in [6, 6.07) is 10.5. The van der Waals surface area contributed by atoms with Gasteiger partial charge in [0.05, 0.1) is 24.4 Å². The lowest BCUT2D eigenvalue weighted by Crippen LogP contribution is -2.64. The Morgan fingerprint density at radius 2 is 1.75 bits per heavy atom. The van der Waals surface area contributed by atoms with E-state index in [1.54, 1.807) is 0 Å². The van der Waals surface area contributed by atoms with Gasteiger partial charge in [-0.25, -0.2) is 0 Å². The van der Waals surface area contributed by atoms with Crippen molar-refractivity contribution in [3.05, 3.63) is 59.7 Å². The van der Waals surface area contributed by atoms with Crippen LogP contribution in [-0.4, -0.2) is 29.5 Å². The van der Waals surface area contributed by atoms with Crippen LogP contribution in [0.3, 0.4) is 0 Å². The van der Waals surface area contributed by atoms with Crippen molar-refractivity contribution in [3.63, 3.8) is 0 Å². The summed E-state index contributed by atoms with van der Waals surface area (Å²) in [5.74, 6) is 0.982. The monoisotopic (exact) mass is 436 g/mol.